The van der Waals surface area contributed by atoms with E-state index < -0.39 is 0 Å². The van der Waals surface area contributed by atoms with Crippen molar-refractivity contribution in [1.29, 1.82) is 0 Å². The highest BCUT2D eigenvalue weighted by molar-refractivity contribution is 5.76. The third kappa shape index (κ3) is 4.50. The van der Waals surface area contributed by atoms with Gasteiger partial charge in [-0.15, -0.1) is 0 Å². The lowest BCUT2D eigenvalue weighted by Crippen LogP contribution is -2.49. The molecule has 5 nitrogen and oxygen atoms in total. The van der Waals surface area contributed by atoms with Crippen LogP contribution < -0.4 is 9.64 Å². The Kier molecular flexibility index (Phi) is 5.53. The molecule has 0 radical (unpaired) electrons. The maximum absolute atomic E-state index is 12.4. The number of carbonyl (C=O) groups excluding carboxylic acids is 1. The van der Waals surface area contributed by atoms with E-state index in [0.29, 0.717) is 13.0 Å². The van der Waals surface area contributed by atoms with Crippen molar-refractivity contribution < 1.29 is 9.53 Å². The van der Waals surface area contributed by atoms with E-state index in [1.807, 2.05) is 49.1 Å². The third-order valence-electron chi connectivity index (χ3n) is 4.52. The molecule has 0 atom stereocenters. The number of benzene rings is 1. The van der Waals surface area contributed by atoms with Gasteiger partial charge in [0.1, 0.15) is 11.6 Å². The van der Waals surface area contributed by atoms with Crippen LogP contribution in [0.5, 0.6) is 5.75 Å². The number of amides is 1. The number of hydrogen-bond donors (Lipinski definition) is 0. The van der Waals surface area contributed by atoms with E-state index in [0.717, 1.165) is 48.9 Å². The SMILES string of the molecule is Cc1ccc(C)c(OCCC(=O)N2CCN(c3ccccn3)CC2)c1. The summed E-state index contributed by atoms with van der Waals surface area (Å²) in [6.45, 7) is 7.59. The predicted molar refractivity (Wildman–Crippen MR) is 99.1 cm³/mol. The summed E-state index contributed by atoms with van der Waals surface area (Å²) in [6.07, 6.45) is 2.22. The normalized spacial score (nSPS) is 14.5. The second kappa shape index (κ2) is 8.01. The van der Waals surface area contributed by atoms with Crippen LogP contribution in [0.15, 0.2) is 42.6 Å². The molecule has 132 valence electrons. The molecule has 1 amide bonds. The molecule has 0 unspecified atom stereocenters. The number of pyridine rings is 1. The van der Waals surface area contributed by atoms with Gasteiger partial charge in [-0.05, 0) is 43.2 Å². The van der Waals surface area contributed by atoms with Gasteiger partial charge >= 0.3 is 0 Å². The molecule has 1 aliphatic rings. The number of ether oxygens (including phenoxy) is 1. The zero-order valence-corrected chi connectivity index (χ0v) is 14.9. The highest BCUT2D eigenvalue weighted by Crippen LogP contribution is 2.19. The number of piperazine rings is 1. The lowest BCUT2D eigenvalue weighted by atomic mass is 10.1. The number of carbonyl (C=O) groups is 1. The summed E-state index contributed by atoms with van der Waals surface area (Å²) in [5, 5.41) is 0. The average Bonchev–Trinajstić information content (AvgIpc) is 2.65. The van der Waals surface area contributed by atoms with Gasteiger partial charge < -0.3 is 14.5 Å². The largest absolute Gasteiger partial charge is 0.493 e. The first-order chi connectivity index (χ1) is 12.1. The van der Waals surface area contributed by atoms with Crippen molar-refractivity contribution in [1.82, 2.24) is 9.88 Å². The van der Waals surface area contributed by atoms with Crippen LogP contribution in [0.1, 0.15) is 17.5 Å². The molecule has 25 heavy (non-hydrogen) atoms. The molecule has 2 aromatic rings. The Hall–Kier alpha value is -2.56. The van der Waals surface area contributed by atoms with E-state index in [1.54, 1.807) is 6.20 Å². The lowest BCUT2D eigenvalue weighted by Gasteiger charge is -2.35. The fourth-order valence-electron chi connectivity index (χ4n) is 2.99. The van der Waals surface area contributed by atoms with Crippen molar-refractivity contribution in [3.05, 3.63) is 53.7 Å². The van der Waals surface area contributed by atoms with E-state index in [4.69, 9.17) is 4.74 Å². The standard InChI is InChI=1S/C20H25N3O2/c1-16-6-7-17(2)18(15-16)25-14-8-20(24)23-12-10-22(11-13-23)19-5-3-4-9-21-19/h3-7,9,15H,8,10-14H2,1-2H3. The van der Waals surface area contributed by atoms with Crippen LogP contribution in [0.3, 0.4) is 0 Å². The molecule has 0 N–H and O–H groups in total. The van der Waals surface area contributed by atoms with E-state index >= 15 is 0 Å². The van der Waals surface area contributed by atoms with E-state index in [-0.39, 0.29) is 5.91 Å². The highest BCUT2D eigenvalue weighted by atomic mass is 16.5. The second-order valence-electron chi connectivity index (χ2n) is 6.42. The summed E-state index contributed by atoms with van der Waals surface area (Å²) < 4.78 is 5.80. The third-order valence-corrected chi connectivity index (χ3v) is 4.52. The number of nitrogens with zero attached hydrogens (tertiary/aromatic N) is 3. The van der Waals surface area contributed by atoms with Gasteiger partial charge in [0, 0.05) is 32.4 Å². The smallest absolute Gasteiger partial charge is 0.226 e. The lowest BCUT2D eigenvalue weighted by molar-refractivity contribution is -0.132. The molecule has 0 bridgehead atoms. The quantitative estimate of drug-likeness (QED) is 0.840. The molecule has 3 rings (SSSR count). The minimum Gasteiger partial charge on any atom is -0.493 e. The zero-order valence-electron chi connectivity index (χ0n) is 14.9. The summed E-state index contributed by atoms with van der Waals surface area (Å²) in [4.78, 5) is 20.9. The summed E-state index contributed by atoms with van der Waals surface area (Å²) in [5.41, 5.74) is 2.26. The summed E-state index contributed by atoms with van der Waals surface area (Å²) in [5.74, 6) is 2.01. The maximum Gasteiger partial charge on any atom is 0.226 e. The number of aromatic nitrogens is 1. The van der Waals surface area contributed by atoms with Crippen molar-refractivity contribution >= 4 is 11.7 Å². The minimum absolute atomic E-state index is 0.158. The van der Waals surface area contributed by atoms with Crippen LogP contribution in [0.4, 0.5) is 5.82 Å². The summed E-state index contributed by atoms with van der Waals surface area (Å²) in [6, 6.07) is 12.0. The van der Waals surface area contributed by atoms with Gasteiger partial charge in [-0.3, -0.25) is 4.79 Å². The van der Waals surface area contributed by atoms with Crippen LogP contribution >= 0.6 is 0 Å². The summed E-state index contributed by atoms with van der Waals surface area (Å²) >= 11 is 0. The number of aryl methyl sites for hydroxylation is 2. The number of rotatable bonds is 5. The molecule has 2 heterocycles. The Labute approximate surface area is 149 Å². The van der Waals surface area contributed by atoms with Crippen molar-refractivity contribution in [3.63, 3.8) is 0 Å². The molecular weight excluding hydrogens is 314 g/mol. The molecule has 1 fully saturated rings. The van der Waals surface area contributed by atoms with Gasteiger partial charge in [0.15, 0.2) is 0 Å². The van der Waals surface area contributed by atoms with Crippen LogP contribution in [0.2, 0.25) is 0 Å². The fraction of sp³-hybridized carbons (Fsp3) is 0.400. The topological polar surface area (TPSA) is 45.7 Å². The Bertz CT molecular complexity index is 710. The van der Waals surface area contributed by atoms with Crippen molar-refractivity contribution in [3.8, 4) is 5.75 Å². The van der Waals surface area contributed by atoms with E-state index in [2.05, 4.69) is 16.0 Å². The minimum atomic E-state index is 0.158. The molecule has 1 saturated heterocycles. The molecular formula is C20H25N3O2. The monoisotopic (exact) mass is 339 g/mol. The Morgan fingerprint density at radius 2 is 1.92 bits per heavy atom. The maximum atomic E-state index is 12.4. The van der Waals surface area contributed by atoms with Crippen molar-refractivity contribution in [2.45, 2.75) is 20.3 Å². The van der Waals surface area contributed by atoms with Gasteiger partial charge in [0.25, 0.3) is 0 Å². The van der Waals surface area contributed by atoms with Crippen LogP contribution in [0, 0.1) is 13.8 Å². The van der Waals surface area contributed by atoms with Crippen LogP contribution in [0.25, 0.3) is 0 Å². The zero-order chi connectivity index (χ0) is 17.6. The first kappa shape index (κ1) is 17.3. The Balaban J connectivity index is 1.44. The van der Waals surface area contributed by atoms with Crippen molar-refractivity contribution in [2.75, 3.05) is 37.7 Å². The van der Waals surface area contributed by atoms with E-state index in [1.165, 1.54) is 0 Å². The van der Waals surface area contributed by atoms with Gasteiger partial charge in [0.05, 0.1) is 13.0 Å². The first-order valence-corrected chi connectivity index (χ1v) is 8.77. The molecule has 1 aromatic heterocycles. The molecule has 1 aliphatic heterocycles. The molecule has 0 aliphatic carbocycles. The first-order valence-electron chi connectivity index (χ1n) is 8.77. The highest BCUT2D eigenvalue weighted by Gasteiger charge is 2.21. The van der Waals surface area contributed by atoms with E-state index in [9.17, 15) is 4.79 Å². The molecule has 5 heteroatoms. The number of hydrogen-bond acceptors (Lipinski definition) is 4. The Morgan fingerprint density at radius 1 is 1.12 bits per heavy atom. The average molecular weight is 339 g/mol. The van der Waals surface area contributed by atoms with Gasteiger partial charge in [-0.2, -0.15) is 0 Å². The fourth-order valence-corrected chi connectivity index (χ4v) is 2.99. The number of anilines is 1. The van der Waals surface area contributed by atoms with Gasteiger partial charge in [-0.25, -0.2) is 4.98 Å². The van der Waals surface area contributed by atoms with Gasteiger partial charge in [0.2, 0.25) is 5.91 Å². The Morgan fingerprint density at radius 3 is 2.64 bits per heavy atom. The molecule has 1 aromatic carbocycles. The van der Waals surface area contributed by atoms with Crippen LogP contribution in [-0.2, 0) is 4.79 Å². The summed E-state index contributed by atoms with van der Waals surface area (Å²) in [7, 11) is 0. The van der Waals surface area contributed by atoms with Crippen molar-refractivity contribution in [2.24, 2.45) is 0 Å². The second-order valence-corrected chi connectivity index (χ2v) is 6.42. The van der Waals surface area contributed by atoms with Gasteiger partial charge in [-0.1, -0.05) is 18.2 Å². The predicted octanol–water partition coefficient (Wildman–Crippen LogP) is 2.82. The molecule has 0 saturated carbocycles. The molecule has 0 spiro atoms. The van der Waals surface area contributed by atoms with Crippen LogP contribution in [-0.4, -0.2) is 48.6 Å².